The van der Waals surface area contributed by atoms with Crippen molar-refractivity contribution in [2.24, 2.45) is 0 Å². The van der Waals surface area contributed by atoms with Gasteiger partial charge in [-0.05, 0) is 12.1 Å². The Bertz CT molecular complexity index is 412. The quantitative estimate of drug-likeness (QED) is 0.720. The number of morpholine rings is 1. The van der Waals surface area contributed by atoms with Gasteiger partial charge in [0.25, 0.3) is 0 Å². The Balaban J connectivity index is 2.26. The third-order valence-corrected chi connectivity index (χ3v) is 4.17. The topological polar surface area (TPSA) is 59.5 Å². The summed E-state index contributed by atoms with van der Waals surface area (Å²) in [5.74, 6) is 0. The third-order valence-electron chi connectivity index (χ3n) is 2.26. The van der Waals surface area contributed by atoms with E-state index >= 15 is 0 Å². The van der Waals surface area contributed by atoms with Gasteiger partial charge in [-0.1, -0.05) is 0 Å². The minimum absolute atomic E-state index is 0.291. The second kappa shape index (κ2) is 4.26. The van der Waals surface area contributed by atoms with Crippen LogP contribution in [0.2, 0.25) is 0 Å². The lowest BCUT2D eigenvalue weighted by molar-refractivity contribution is 0.0730. The van der Waals surface area contributed by atoms with Crippen LogP contribution in [0.3, 0.4) is 0 Å². The van der Waals surface area contributed by atoms with Crippen molar-refractivity contribution in [2.45, 2.75) is 4.90 Å². The van der Waals surface area contributed by atoms with E-state index in [1.54, 1.807) is 0 Å². The van der Waals surface area contributed by atoms with Gasteiger partial charge in [0, 0.05) is 25.5 Å². The van der Waals surface area contributed by atoms with E-state index in [2.05, 4.69) is 4.98 Å². The average molecular weight is 228 g/mol. The molecule has 0 unspecified atom stereocenters. The summed E-state index contributed by atoms with van der Waals surface area (Å²) in [6, 6.07) is 3.01. The summed E-state index contributed by atoms with van der Waals surface area (Å²) >= 11 is 0. The fraction of sp³-hybridized carbons (Fsp3) is 0.444. The summed E-state index contributed by atoms with van der Waals surface area (Å²) < 4.78 is 30.6. The molecule has 5 nitrogen and oxygen atoms in total. The molecule has 1 fully saturated rings. The Kier molecular flexibility index (Phi) is 2.99. The lowest BCUT2D eigenvalue weighted by Crippen LogP contribution is -2.40. The molecular weight excluding hydrogens is 216 g/mol. The molecule has 15 heavy (non-hydrogen) atoms. The molecule has 0 radical (unpaired) electrons. The van der Waals surface area contributed by atoms with Gasteiger partial charge >= 0.3 is 0 Å². The number of pyridine rings is 1. The highest BCUT2D eigenvalue weighted by molar-refractivity contribution is 7.89. The van der Waals surface area contributed by atoms with Crippen LogP contribution >= 0.6 is 0 Å². The van der Waals surface area contributed by atoms with E-state index in [9.17, 15) is 8.42 Å². The molecule has 2 heterocycles. The van der Waals surface area contributed by atoms with E-state index in [-0.39, 0.29) is 0 Å². The summed E-state index contributed by atoms with van der Waals surface area (Å²) in [5.41, 5.74) is 0. The van der Waals surface area contributed by atoms with Crippen molar-refractivity contribution in [1.82, 2.24) is 9.29 Å². The van der Waals surface area contributed by atoms with Crippen molar-refractivity contribution in [3.8, 4) is 0 Å². The largest absolute Gasteiger partial charge is 0.379 e. The van der Waals surface area contributed by atoms with E-state index in [4.69, 9.17) is 4.74 Å². The molecule has 0 saturated carbocycles. The van der Waals surface area contributed by atoms with Crippen LogP contribution in [-0.4, -0.2) is 44.0 Å². The number of sulfonamides is 1. The number of nitrogens with zero attached hydrogens (tertiary/aromatic N) is 2. The SMILES string of the molecule is O=S(=O)(c1ccncc1)N1CCOCC1. The van der Waals surface area contributed by atoms with Crippen LogP contribution in [-0.2, 0) is 14.8 Å². The molecule has 0 aromatic carbocycles. The summed E-state index contributed by atoms with van der Waals surface area (Å²) in [5, 5.41) is 0. The fourth-order valence-corrected chi connectivity index (χ4v) is 2.84. The minimum Gasteiger partial charge on any atom is -0.379 e. The first-order chi connectivity index (χ1) is 7.21. The van der Waals surface area contributed by atoms with Crippen molar-refractivity contribution in [3.63, 3.8) is 0 Å². The second-order valence-corrected chi connectivity index (χ2v) is 5.14. The first-order valence-electron chi connectivity index (χ1n) is 4.69. The predicted octanol–water partition coefficient (Wildman–Crippen LogP) is 0.103. The monoisotopic (exact) mass is 228 g/mol. The van der Waals surface area contributed by atoms with E-state index in [1.165, 1.54) is 28.8 Å². The number of hydrogen-bond donors (Lipinski definition) is 0. The normalized spacial score (nSPS) is 18.9. The van der Waals surface area contributed by atoms with Crippen LogP contribution in [0.5, 0.6) is 0 Å². The van der Waals surface area contributed by atoms with Gasteiger partial charge in [0.2, 0.25) is 10.0 Å². The van der Waals surface area contributed by atoms with Crippen molar-refractivity contribution < 1.29 is 13.2 Å². The summed E-state index contributed by atoms with van der Waals surface area (Å²) in [6.07, 6.45) is 2.96. The molecule has 1 aliphatic rings. The van der Waals surface area contributed by atoms with Gasteiger partial charge < -0.3 is 4.74 Å². The maximum atomic E-state index is 12.0. The van der Waals surface area contributed by atoms with Crippen molar-refractivity contribution >= 4 is 10.0 Å². The zero-order chi connectivity index (χ0) is 10.7. The molecule has 1 aliphatic heterocycles. The van der Waals surface area contributed by atoms with E-state index in [1.807, 2.05) is 0 Å². The second-order valence-electron chi connectivity index (χ2n) is 3.20. The van der Waals surface area contributed by atoms with Crippen molar-refractivity contribution in [1.29, 1.82) is 0 Å². The Morgan fingerprint density at radius 3 is 2.40 bits per heavy atom. The van der Waals surface area contributed by atoms with E-state index < -0.39 is 10.0 Å². The van der Waals surface area contributed by atoms with Crippen LogP contribution in [0.15, 0.2) is 29.4 Å². The fourth-order valence-electron chi connectivity index (χ4n) is 1.45. The van der Waals surface area contributed by atoms with Crippen molar-refractivity contribution in [2.75, 3.05) is 26.3 Å². The Hall–Kier alpha value is -0.980. The first kappa shape index (κ1) is 10.5. The van der Waals surface area contributed by atoms with Gasteiger partial charge in [0.1, 0.15) is 0 Å². The van der Waals surface area contributed by atoms with Crippen LogP contribution in [0, 0.1) is 0 Å². The highest BCUT2D eigenvalue weighted by Gasteiger charge is 2.25. The predicted molar refractivity (Wildman–Crippen MR) is 53.8 cm³/mol. The van der Waals surface area contributed by atoms with Crippen LogP contribution < -0.4 is 0 Å². The standard InChI is InChI=1S/C9H12N2O3S/c12-15(13,9-1-3-10-4-2-9)11-5-7-14-8-6-11/h1-4H,5-8H2. The van der Waals surface area contributed by atoms with Gasteiger partial charge in [-0.15, -0.1) is 0 Å². The molecule has 82 valence electrons. The molecule has 0 aliphatic carbocycles. The third kappa shape index (κ3) is 2.17. The molecule has 2 rings (SSSR count). The number of rotatable bonds is 2. The maximum Gasteiger partial charge on any atom is 0.243 e. The molecule has 0 atom stereocenters. The molecule has 0 bridgehead atoms. The number of hydrogen-bond acceptors (Lipinski definition) is 4. The molecule has 1 aromatic heterocycles. The lowest BCUT2D eigenvalue weighted by atomic mass is 10.5. The minimum atomic E-state index is -3.35. The zero-order valence-corrected chi connectivity index (χ0v) is 8.98. The number of aromatic nitrogens is 1. The maximum absolute atomic E-state index is 12.0. The lowest BCUT2D eigenvalue weighted by Gasteiger charge is -2.25. The van der Waals surface area contributed by atoms with Gasteiger partial charge in [-0.25, -0.2) is 8.42 Å². The van der Waals surface area contributed by atoms with Gasteiger partial charge in [-0.2, -0.15) is 4.31 Å². The van der Waals surface area contributed by atoms with Crippen LogP contribution in [0.4, 0.5) is 0 Å². The van der Waals surface area contributed by atoms with Gasteiger partial charge in [0.05, 0.1) is 18.1 Å². The Labute approximate surface area is 88.7 Å². The average Bonchev–Trinajstić information content (AvgIpc) is 2.31. The molecular formula is C9H12N2O3S. The summed E-state index contributed by atoms with van der Waals surface area (Å²) in [7, 11) is -3.35. The van der Waals surface area contributed by atoms with E-state index in [0.717, 1.165) is 0 Å². The molecule has 1 saturated heterocycles. The molecule has 0 N–H and O–H groups in total. The smallest absolute Gasteiger partial charge is 0.243 e. The zero-order valence-electron chi connectivity index (χ0n) is 8.17. The molecule has 0 amide bonds. The summed E-state index contributed by atoms with van der Waals surface area (Å²) in [4.78, 5) is 4.09. The summed E-state index contributed by atoms with van der Waals surface area (Å²) in [6.45, 7) is 1.77. The highest BCUT2D eigenvalue weighted by Crippen LogP contribution is 2.15. The number of ether oxygens (including phenoxy) is 1. The highest BCUT2D eigenvalue weighted by atomic mass is 32.2. The molecule has 1 aromatic rings. The van der Waals surface area contributed by atoms with Crippen LogP contribution in [0.25, 0.3) is 0 Å². The Morgan fingerprint density at radius 1 is 1.20 bits per heavy atom. The Morgan fingerprint density at radius 2 is 1.80 bits per heavy atom. The van der Waals surface area contributed by atoms with Crippen molar-refractivity contribution in [3.05, 3.63) is 24.5 Å². The van der Waals surface area contributed by atoms with Gasteiger partial charge in [0.15, 0.2) is 0 Å². The van der Waals surface area contributed by atoms with E-state index in [0.29, 0.717) is 31.2 Å². The first-order valence-corrected chi connectivity index (χ1v) is 6.13. The van der Waals surface area contributed by atoms with Crippen LogP contribution in [0.1, 0.15) is 0 Å². The van der Waals surface area contributed by atoms with Gasteiger partial charge in [-0.3, -0.25) is 4.98 Å². The molecule has 0 spiro atoms. The molecule has 6 heteroatoms.